The summed E-state index contributed by atoms with van der Waals surface area (Å²) in [7, 11) is 0. The average molecular weight is 341 g/mol. The number of nitrogens with one attached hydrogen (secondary N) is 1. The number of furan rings is 1. The van der Waals surface area contributed by atoms with Gasteiger partial charge in [0.15, 0.2) is 0 Å². The fourth-order valence-corrected chi connectivity index (χ4v) is 3.09. The van der Waals surface area contributed by atoms with Crippen molar-refractivity contribution in [2.45, 2.75) is 24.7 Å². The number of hydrogen-bond donors (Lipinski definition) is 5. The van der Waals surface area contributed by atoms with Crippen LogP contribution in [0.25, 0.3) is 11.3 Å². The quantitative estimate of drug-likeness (QED) is 0.507. The van der Waals surface area contributed by atoms with Gasteiger partial charge < -0.3 is 30.8 Å². The standard InChI is InChI=1S/C14H17ClN4O4/c15-12-9(8-2-1-3-23-8)13(19-14(16)18-12)17-7-4-6(5-20)10(21)11(7)22/h1-3,6-7,10-11,20-22H,4-5H2,(H3,16,17,18,19)/t6-,7-,10-,11+/m1/s1. The lowest BCUT2D eigenvalue weighted by atomic mass is 10.1. The molecule has 0 saturated heterocycles. The highest BCUT2D eigenvalue weighted by atomic mass is 35.5. The third-order valence-electron chi connectivity index (χ3n) is 4.01. The summed E-state index contributed by atoms with van der Waals surface area (Å²) in [5, 5.41) is 32.4. The number of aliphatic hydroxyl groups is 3. The largest absolute Gasteiger partial charge is 0.464 e. The molecule has 1 saturated carbocycles. The zero-order valence-electron chi connectivity index (χ0n) is 12.1. The Balaban J connectivity index is 1.94. The lowest BCUT2D eigenvalue weighted by Crippen LogP contribution is -2.35. The minimum Gasteiger partial charge on any atom is -0.464 e. The summed E-state index contributed by atoms with van der Waals surface area (Å²) in [6, 6.07) is 2.88. The first-order chi connectivity index (χ1) is 11.0. The van der Waals surface area contributed by atoms with Crippen molar-refractivity contribution in [3.05, 3.63) is 23.5 Å². The van der Waals surface area contributed by atoms with Crippen LogP contribution in [-0.4, -0.2) is 50.1 Å². The van der Waals surface area contributed by atoms with Gasteiger partial charge in [-0.05, 0) is 18.6 Å². The highest BCUT2D eigenvalue weighted by Gasteiger charge is 2.41. The number of nitrogen functional groups attached to an aromatic ring is 1. The van der Waals surface area contributed by atoms with Crippen molar-refractivity contribution in [1.82, 2.24) is 9.97 Å². The summed E-state index contributed by atoms with van der Waals surface area (Å²) in [6.07, 6.45) is -0.203. The number of aromatic nitrogens is 2. The molecule has 0 radical (unpaired) electrons. The third kappa shape index (κ3) is 2.98. The molecule has 2 aromatic heterocycles. The van der Waals surface area contributed by atoms with Crippen LogP contribution in [0.4, 0.5) is 11.8 Å². The van der Waals surface area contributed by atoms with E-state index in [0.29, 0.717) is 23.6 Å². The van der Waals surface area contributed by atoms with Crippen molar-refractivity contribution in [2.75, 3.05) is 17.7 Å². The van der Waals surface area contributed by atoms with Crippen LogP contribution in [0.5, 0.6) is 0 Å². The summed E-state index contributed by atoms with van der Waals surface area (Å²) in [5.74, 6) is 0.306. The number of hydrogen-bond acceptors (Lipinski definition) is 8. The van der Waals surface area contributed by atoms with E-state index in [4.69, 9.17) is 21.8 Å². The Bertz CT molecular complexity index is 682. The van der Waals surface area contributed by atoms with Gasteiger partial charge in [0.05, 0.1) is 24.0 Å². The minimum absolute atomic E-state index is 0.0282. The first-order valence-corrected chi connectivity index (χ1v) is 7.49. The molecule has 1 fully saturated rings. The topological polar surface area (TPSA) is 138 Å². The molecule has 3 rings (SSSR count). The molecule has 9 heteroatoms. The van der Waals surface area contributed by atoms with Gasteiger partial charge >= 0.3 is 0 Å². The van der Waals surface area contributed by atoms with E-state index in [2.05, 4.69) is 15.3 Å². The number of aliphatic hydroxyl groups excluding tert-OH is 3. The van der Waals surface area contributed by atoms with Crippen LogP contribution in [0.3, 0.4) is 0 Å². The molecule has 6 N–H and O–H groups in total. The van der Waals surface area contributed by atoms with Crippen molar-refractivity contribution in [3.63, 3.8) is 0 Å². The third-order valence-corrected chi connectivity index (χ3v) is 4.28. The van der Waals surface area contributed by atoms with E-state index in [9.17, 15) is 15.3 Å². The average Bonchev–Trinajstić information content (AvgIpc) is 3.11. The first kappa shape index (κ1) is 16.0. The highest BCUT2D eigenvalue weighted by Crippen LogP contribution is 2.36. The molecule has 1 aliphatic rings. The Morgan fingerprint density at radius 1 is 1.35 bits per heavy atom. The molecule has 0 aliphatic heterocycles. The number of nitrogens with zero attached hydrogens (tertiary/aromatic N) is 2. The number of anilines is 2. The number of nitrogens with two attached hydrogens (primary N) is 1. The minimum atomic E-state index is -1.05. The van der Waals surface area contributed by atoms with E-state index in [1.165, 1.54) is 6.26 Å². The SMILES string of the molecule is Nc1nc(Cl)c(-c2ccco2)c(N[C@@H]2C[C@H](CO)[C@@H](O)[C@H]2O)n1. The Morgan fingerprint density at radius 2 is 2.13 bits per heavy atom. The number of rotatable bonds is 4. The van der Waals surface area contributed by atoms with E-state index >= 15 is 0 Å². The van der Waals surface area contributed by atoms with Gasteiger partial charge in [-0.2, -0.15) is 4.98 Å². The Hall–Kier alpha value is -1.87. The second-order valence-electron chi connectivity index (χ2n) is 5.48. The zero-order chi connectivity index (χ0) is 16.6. The molecular weight excluding hydrogens is 324 g/mol. The van der Waals surface area contributed by atoms with Gasteiger partial charge in [-0.25, -0.2) is 4.98 Å². The maximum absolute atomic E-state index is 10.1. The number of halogens is 1. The zero-order valence-corrected chi connectivity index (χ0v) is 12.8. The lowest BCUT2D eigenvalue weighted by Gasteiger charge is -2.20. The fourth-order valence-electron chi connectivity index (χ4n) is 2.82. The van der Waals surface area contributed by atoms with Crippen LogP contribution in [0.15, 0.2) is 22.8 Å². The first-order valence-electron chi connectivity index (χ1n) is 7.11. The van der Waals surface area contributed by atoms with Crippen molar-refractivity contribution in [3.8, 4) is 11.3 Å². The molecule has 0 amide bonds. The molecule has 0 aromatic carbocycles. The van der Waals surface area contributed by atoms with Gasteiger partial charge in [-0.3, -0.25) is 0 Å². The summed E-state index contributed by atoms with van der Waals surface area (Å²) in [5.41, 5.74) is 6.06. The predicted molar refractivity (Wildman–Crippen MR) is 83.8 cm³/mol. The van der Waals surface area contributed by atoms with Crippen LogP contribution in [0.2, 0.25) is 5.15 Å². The second-order valence-corrected chi connectivity index (χ2v) is 5.84. The fraction of sp³-hybridized carbons (Fsp3) is 0.429. The van der Waals surface area contributed by atoms with E-state index in [-0.39, 0.29) is 17.7 Å². The molecule has 0 bridgehead atoms. The summed E-state index contributed by atoms with van der Waals surface area (Å²) < 4.78 is 5.34. The monoisotopic (exact) mass is 340 g/mol. The Morgan fingerprint density at radius 3 is 2.74 bits per heavy atom. The lowest BCUT2D eigenvalue weighted by molar-refractivity contribution is 0.00446. The van der Waals surface area contributed by atoms with Gasteiger partial charge in [-0.1, -0.05) is 11.6 Å². The van der Waals surface area contributed by atoms with E-state index in [0.717, 1.165) is 0 Å². The normalized spacial score (nSPS) is 27.3. The Kier molecular flexibility index (Phi) is 4.40. The van der Waals surface area contributed by atoms with Crippen molar-refractivity contribution < 1.29 is 19.7 Å². The van der Waals surface area contributed by atoms with Crippen LogP contribution in [0, 0.1) is 5.92 Å². The predicted octanol–water partition coefficient (Wildman–Crippen LogP) is 0.487. The molecule has 8 nitrogen and oxygen atoms in total. The molecule has 23 heavy (non-hydrogen) atoms. The smallest absolute Gasteiger partial charge is 0.223 e. The van der Waals surface area contributed by atoms with Crippen LogP contribution < -0.4 is 11.1 Å². The molecule has 2 aromatic rings. The second kappa shape index (κ2) is 6.32. The highest BCUT2D eigenvalue weighted by molar-refractivity contribution is 6.32. The van der Waals surface area contributed by atoms with Crippen molar-refractivity contribution in [1.29, 1.82) is 0 Å². The van der Waals surface area contributed by atoms with Gasteiger partial charge in [0, 0.05) is 12.5 Å². The summed E-state index contributed by atoms with van der Waals surface area (Å²) in [6.45, 7) is -0.214. The van der Waals surface area contributed by atoms with Gasteiger partial charge in [0.25, 0.3) is 0 Å². The molecular formula is C14H17ClN4O4. The van der Waals surface area contributed by atoms with E-state index in [1.54, 1.807) is 12.1 Å². The Labute approximate surface area is 136 Å². The molecule has 124 valence electrons. The molecule has 4 atom stereocenters. The summed E-state index contributed by atoms with van der Waals surface area (Å²) in [4.78, 5) is 8.03. The van der Waals surface area contributed by atoms with Crippen molar-refractivity contribution >= 4 is 23.4 Å². The molecule has 1 aliphatic carbocycles. The van der Waals surface area contributed by atoms with Crippen LogP contribution in [-0.2, 0) is 0 Å². The van der Waals surface area contributed by atoms with Crippen LogP contribution in [0.1, 0.15) is 6.42 Å². The maximum Gasteiger partial charge on any atom is 0.223 e. The van der Waals surface area contributed by atoms with Crippen molar-refractivity contribution in [2.24, 2.45) is 5.92 Å². The molecule has 0 spiro atoms. The van der Waals surface area contributed by atoms with Crippen LogP contribution >= 0.6 is 11.6 Å². The van der Waals surface area contributed by atoms with E-state index in [1.807, 2.05) is 0 Å². The van der Waals surface area contributed by atoms with E-state index < -0.39 is 24.2 Å². The van der Waals surface area contributed by atoms with Gasteiger partial charge in [0.2, 0.25) is 5.95 Å². The van der Waals surface area contributed by atoms with Gasteiger partial charge in [0.1, 0.15) is 22.8 Å². The maximum atomic E-state index is 10.1. The molecule has 0 unspecified atom stereocenters. The molecule has 2 heterocycles. The van der Waals surface area contributed by atoms with Gasteiger partial charge in [-0.15, -0.1) is 0 Å². The summed E-state index contributed by atoms with van der Waals surface area (Å²) >= 11 is 6.15.